The maximum atomic E-state index is 5.90. The van der Waals surface area contributed by atoms with Crippen LogP contribution in [-0.2, 0) is 12.0 Å². The van der Waals surface area contributed by atoms with Crippen molar-refractivity contribution in [3.63, 3.8) is 0 Å². The number of hydrogen-bond acceptors (Lipinski definition) is 4. The second-order valence-electron chi connectivity index (χ2n) is 4.54. The van der Waals surface area contributed by atoms with Gasteiger partial charge in [0, 0.05) is 11.4 Å². The van der Waals surface area contributed by atoms with Gasteiger partial charge in [-0.05, 0) is 31.5 Å². The van der Waals surface area contributed by atoms with E-state index in [9.17, 15) is 0 Å². The lowest BCUT2D eigenvalue weighted by atomic mass is 10.1. The minimum Gasteiger partial charge on any atom is -0.337 e. The predicted octanol–water partition coefficient (Wildman–Crippen LogP) is 2.51. The topological polar surface area (TPSA) is 64.9 Å². The molecule has 0 amide bonds. The highest BCUT2D eigenvalue weighted by molar-refractivity contribution is 6.30. The number of nitrogens with zero attached hydrogens (tertiary/aromatic N) is 2. The molecule has 5 heteroatoms. The SMILES string of the molecule is CC(C)(N)c1nc(Cc2cccc(Cl)c2)no1. The summed E-state index contributed by atoms with van der Waals surface area (Å²) in [5.74, 6) is 1.05. The molecule has 0 spiro atoms. The molecular weight excluding hydrogens is 238 g/mol. The zero-order valence-corrected chi connectivity index (χ0v) is 10.5. The quantitative estimate of drug-likeness (QED) is 0.910. The minimum atomic E-state index is -0.612. The Morgan fingerprint density at radius 3 is 2.76 bits per heavy atom. The molecule has 0 aliphatic heterocycles. The van der Waals surface area contributed by atoms with E-state index in [4.69, 9.17) is 21.9 Å². The Morgan fingerprint density at radius 1 is 1.41 bits per heavy atom. The van der Waals surface area contributed by atoms with Gasteiger partial charge in [0.2, 0.25) is 5.89 Å². The van der Waals surface area contributed by atoms with Crippen molar-refractivity contribution in [1.82, 2.24) is 10.1 Å². The van der Waals surface area contributed by atoms with Gasteiger partial charge in [-0.25, -0.2) is 0 Å². The highest BCUT2D eigenvalue weighted by atomic mass is 35.5. The summed E-state index contributed by atoms with van der Waals surface area (Å²) in [7, 11) is 0. The minimum absolute atomic E-state index is 0.439. The molecule has 0 saturated heterocycles. The van der Waals surface area contributed by atoms with Crippen molar-refractivity contribution in [3.05, 3.63) is 46.6 Å². The van der Waals surface area contributed by atoms with Gasteiger partial charge in [-0.3, -0.25) is 0 Å². The molecule has 2 rings (SSSR count). The Morgan fingerprint density at radius 2 is 2.18 bits per heavy atom. The van der Waals surface area contributed by atoms with Crippen molar-refractivity contribution < 1.29 is 4.52 Å². The fourth-order valence-corrected chi connectivity index (χ4v) is 1.63. The van der Waals surface area contributed by atoms with Crippen LogP contribution in [0.15, 0.2) is 28.8 Å². The van der Waals surface area contributed by atoms with Crippen LogP contribution in [0.5, 0.6) is 0 Å². The third-order valence-electron chi connectivity index (χ3n) is 2.27. The van der Waals surface area contributed by atoms with E-state index in [1.807, 2.05) is 38.1 Å². The van der Waals surface area contributed by atoms with Crippen molar-refractivity contribution in [1.29, 1.82) is 0 Å². The van der Waals surface area contributed by atoms with Crippen LogP contribution in [-0.4, -0.2) is 10.1 Å². The molecule has 0 bridgehead atoms. The molecule has 0 atom stereocenters. The lowest BCUT2D eigenvalue weighted by molar-refractivity contribution is 0.310. The summed E-state index contributed by atoms with van der Waals surface area (Å²) in [6.07, 6.45) is 0.583. The van der Waals surface area contributed by atoms with E-state index < -0.39 is 5.54 Å². The van der Waals surface area contributed by atoms with Gasteiger partial charge in [0.05, 0.1) is 5.54 Å². The first-order valence-electron chi connectivity index (χ1n) is 5.31. The average Bonchev–Trinajstić information content (AvgIpc) is 2.65. The van der Waals surface area contributed by atoms with Crippen LogP contribution in [0.4, 0.5) is 0 Å². The summed E-state index contributed by atoms with van der Waals surface area (Å²) in [6.45, 7) is 3.65. The Bertz CT molecular complexity index is 516. The van der Waals surface area contributed by atoms with Gasteiger partial charge >= 0.3 is 0 Å². The largest absolute Gasteiger partial charge is 0.337 e. The first-order chi connectivity index (χ1) is 7.95. The summed E-state index contributed by atoms with van der Waals surface area (Å²) < 4.78 is 5.11. The van der Waals surface area contributed by atoms with Crippen LogP contribution in [0.3, 0.4) is 0 Å². The van der Waals surface area contributed by atoms with E-state index in [-0.39, 0.29) is 0 Å². The number of nitrogens with two attached hydrogens (primary N) is 1. The first kappa shape index (κ1) is 12.1. The number of aromatic nitrogens is 2. The number of benzene rings is 1. The molecule has 0 radical (unpaired) electrons. The van der Waals surface area contributed by atoms with Gasteiger partial charge in [-0.1, -0.05) is 28.9 Å². The first-order valence-corrected chi connectivity index (χ1v) is 5.69. The summed E-state index contributed by atoms with van der Waals surface area (Å²) in [5.41, 5.74) is 6.30. The fraction of sp³-hybridized carbons (Fsp3) is 0.333. The van der Waals surface area contributed by atoms with Gasteiger partial charge in [-0.15, -0.1) is 0 Å². The number of halogens is 1. The van der Waals surface area contributed by atoms with E-state index in [1.165, 1.54) is 0 Å². The van der Waals surface area contributed by atoms with Crippen molar-refractivity contribution in [3.8, 4) is 0 Å². The van der Waals surface area contributed by atoms with E-state index in [1.54, 1.807) is 0 Å². The van der Waals surface area contributed by atoms with E-state index >= 15 is 0 Å². The molecule has 2 N–H and O–H groups in total. The standard InChI is InChI=1S/C12H14ClN3O/c1-12(2,14)11-15-10(16-17-11)7-8-4-3-5-9(13)6-8/h3-6H,7,14H2,1-2H3. The Kier molecular flexibility index (Phi) is 3.17. The van der Waals surface area contributed by atoms with Gasteiger partial charge < -0.3 is 10.3 Å². The molecule has 90 valence electrons. The lowest BCUT2D eigenvalue weighted by Crippen LogP contribution is -2.29. The molecule has 0 fully saturated rings. The molecular formula is C12H14ClN3O. The Labute approximate surface area is 105 Å². The van der Waals surface area contributed by atoms with Crippen LogP contribution < -0.4 is 5.73 Å². The van der Waals surface area contributed by atoms with E-state index in [2.05, 4.69) is 10.1 Å². The van der Waals surface area contributed by atoms with Crippen LogP contribution in [0, 0.1) is 0 Å². The highest BCUT2D eigenvalue weighted by Crippen LogP contribution is 2.17. The summed E-state index contributed by atoms with van der Waals surface area (Å²) in [6, 6.07) is 7.57. The van der Waals surface area contributed by atoms with Crippen molar-refractivity contribution >= 4 is 11.6 Å². The van der Waals surface area contributed by atoms with Crippen LogP contribution >= 0.6 is 11.6 Å². The molecule has 1 aromatic heterocycles. The van der Waals surface area contributed by atoms with Gasteiger partial charge in [0.1, 0.15) is 0 Å². The summed E-state index contributed by atoms with van der Waals surface area (Å²) in [5, 5.41) is 4.60. The van der Waals surface area contributed by atoms with E-state index in [0.717, 1.165) is 5.56 Å². The van der Waals surface area contributed by atoms with Crippen molar-refractivity contribution in [2.45, 2.75) is 25.8 Å². The monoisotopic (exact) mass is 251 g/mol. The highest BCUT2D eigenvalue weighted by Gasteiger charge is 2.22. The van der Waals surface area contributed by atoms with Gasteiger partial charge in [0.15, 0.2) is 5.82 Å². The molecule has 2 aromatic rings. The van der Waals surface area contributed by atoms with Crippen LogP contribution in [0.25, 0.3) is 0 Å². The second kappa shape index (κ2) is 4.47. The van der Waals surface area contributed by atoms with Gasteiger partial charge in [0.25, 0.3) is 0 Å². The smallest absolute Gasteiger partial charge is 0.246 e. The van der Waals surface area contributed by atoms with Crippen molar-refractivity contribution in [2.24, 2.45) is 5.73 Å². The molecule has 0 unspecified atom stereocenters. The van der Waals surface area contributed by atoms with Crippen LogP contribution in [0.1, 0.15) is 31.1 Å². The van der Waals surface area contributed by atoms with Crippen LogP contribution in [0.2, 0.25) is 5.02 Å². The van der Waals surface area contributed by atoms with Gasteiger partial charge in [-0.2, -0.15) is 4.98 Å². The molecule has 1 aromatic carbocycles. The third kappa shape index (κ3) is 3.05. The lowest BCUT2D eigenvalue weighted by Gasteiger charge is -2.10. The molecule has 0 aliphatic carbocycles. The Hall–Kier alpha value is -1.39. The molecule has 0 aliphatic rings. The van der Waals surface area contributed by atoms with Crippen molar-refractivity contribution in [2.75, 3.05) is 0 Å². The third-order valence-corrected chi connectivity index (χ3v) is 2.51. The zero-order valence-electron chi connectivity index (χ0n) is 9.77. The normalized spacial score (nSPS) is 11.8. The zero-order chi connectivity index (χ0) is 12.5. The molecule has 17 heavy (non-hydrogen) atoms. The number of rotatable bonds is 3. The van der Waals surface area contributed by atoms with E-state index in [0.29, 0.717) is 23.2 Å². The summed E-state index contributed by atoms with van der Waals surface area (Å²) >= 11 is 5.90. The Balaban J connectivity index is 2.17. The predicted molar refractivity (Wildman–Crippen MR) is 65.8 cm³/mol. The fourth-order valence-electron chi connectivity index (χ4n) is 1.42. The molecule has 1 heterocycles. The second-order valence-corrected chi connectivity index (χ2v) is 4.98. The molecule has 0 saturated carbocycles. The molecule has 4 nitrogen and oxygen atoms in total. The maximum absolute atomic E-state index is 5.90. The maximum Gasteiger partial charge on any atom is 0.246 e. The summed E-state index contributed by atoms with van der Waals surface area (Å²) in [4.78, 5) is 4.26. The average molecular weight is 252 g/mol. The number of hydrogen-bond donors (Lipinski definition) is 1.